The van der Waals surface area contributed by atoms with Gasteiger partial charge in [-0.2, -0.15) is 16.7 Å². The quantitative estimate of drug-likeness (QED) is 0.893. The normalized spacial score (nSPS) is 20.2. The topological polar surface area (TPSA) is 62.4 Å². The monoisotopic (exact) mass is 355 g/mol. The second-order valence-electron chi connectivity index (χ2n) is 4.69. The van der Waals surface area contributed by atoms with E-state index in [1.165, 1.54) is 0 Å². The van der Waals surface area contributed by atoms with Crippen molar-refractivity contribution in [3.05, 3.63) is 28.5 Å². The lowest BCUT2D eigenvalue weighted by molar-refractivity contribution is 0.257. The zero-order valence-electron chi connectivity index (χ0n) is 10.9. The molecule has 1 aliphatic rings. The van der Waals surface area contributed by atoms with Gasteiger partial charge in [-0.15, -0.1) is 0 Å². The fourth-order valence-corrected chi connectivity index (χ4v) is 3.68. The summed E-state index contributed by atoms with van der Waals surface area (Å²) >= 11 is 5.20. The Hall–Kier alpha value is -1.05. The number of hydrogen-bond donors (Lipinski definition) is 1. The molecule has 0 amide bonds. The predicted molar refractivity (Wildman–Crippen MR) is 81.8 cm³/mol. The van der Waals surface area contributed by atoms with Crippen LogP contribution in [0.3, 0.4) is 0 Å². The smallest absolute Gasteiger partial charge is 0.261 e. The first-order chi connectivity index (χ1) is 9.65. The van der Waals surface area contributed by atoms with E-state index in [4.69, 9.17) is 4.52 Å². The Morgan fingerprint density at radius 1 is 1.50 bits per heavy atom. The number of nitrogens with zero attached hydrogens (tertiary/aromatic N) is 3. The highest BCUT2D eigenvalue weighted by Crippen LogP contribution is 2.32. The van der Waals surface area contributed by atoms with Crippen LogP contribution in [-0.2, 0) is 0 Å². The second kappa shape index (κ2) is 5.75. The molecule has 2 heterocycles. The van der Waals surface area contributed by atoms with Crippen LogP contribution in [0.2, 0.25) is 0 Å². The van der Waals surface area contributed by atoms with E-state index >= 15 is 0 Å². The average molecular weight is 356 g/mol. The van der Waals surface area contributed by atoms with E-state index in [0.717, 1.165) is 22.5 Å². The number of phenolic OH excluding ortho intramolecular Hbond substituents is 1. The van der Waals surface area contributed by atoms with E-state index in [2.05, 4.69) is 38.0 Å². The summed E-state index contributed by atoms with van der Waals surface area (Å²) in [5.41, 5.74) is 0.554. The van der Waals surface area contributed by atoms with Gasteiger partial charge in [-0.3, -0.25) is 4.90 Å². The fraction of sp³-hybridized carbons (Fsp3) is 0.385. The summed E-state index contributed by atoms with van der Waals surface area (Å²) in [5, 5.41) is 14.0. The molecule has 1 fully saturated rings. The second-order valence-corrected chi connectivity index (χ2v) is 6.76. The molecule has 1 atom stereocenters. The highest BCUT2D eigenvalue weighted by molar-refractivity contribution is 9.10. The van der Waals surface area contributed by atoms with Gasteiger partial charge in [0.1, 0.15) is 5.75 Å². The van der Waals surface area contributed by atoms with Crippen LogP contribution < -0.4 is 0 Å². The third-order valence-corrected chi connectivity index (χ3v) is 4.84. The van der Waals surface area contributed by atoms with Crippen LogP contribution in [0, 0.1) is 0 Å². The minimum atomic E-state index is 0.126. The molecule has 7 heteroatoms. The third kappa shape index (κ3) is 2.70. The first-order valence-corrected chi connectivity index (χ1v) is 8.20. The predicted octanol–water partition coefficient (Wildman–Crippen LogP) is 2.92. The van der Waals surface area contributed by atoms with E-state index in [9.17, 15) is 5.11 Å². The molecule has 5 nitrogen and oxygen atoms in total. The van der Waals surface area contributed by atoms with Crippen LogP contribution in [0.4, 0.5) is 0 Å². The lowest BCUT2D eigenvalue weighted by Crippen LogP contribution is -2.33. The minimum Gasteiger partial charge on any atom is -0.507 e. The molecule has 20 heavy (non-hydrogen) atoms. The molecular weight excluding hydrogens is 342 g/mol. The summed E-state index contributed by atoms with van der Waals surface area (Å²) in [6.07, 6.45) is 0. The van der Waals surface area contributed by atoms with Crippen molar-refractivity contribution in [1.29, 1.82) is 0 Å². The van der Waals surface area contributed by atoms with Crippen LogP contribution >= 0.6 is 27.7 Å². The number of hydrogen-bond acceptors (Lipinski definition) is 6. The molecule has 0 bridgehead atoms. The van der Waals surface area contributed by atoms with E-state index < -0.39 is 0 Å². The number of phenols is 1. The van der Waals surface area contributed by atoms with Crippen molar-refractivity contribution in [1.82, 2.24) is 15.0 Å². The van der Waals surface area contributed by atoms with E-state index in [-0.39, 0.29) is 11.8 Å². The van der Waals surface area contributed by atoms with Crippen LogP contribution in [0.5, 0.6) is 5.75 Å². The van der Waals surface area contributed by atoms with E-state index in [1.54, 1.807) is 12.1 Å². The van der Waals surface area contributed by atoms with Crippen molar-refractivity contribution in [2.45, 2.75) is 6.04 Å². The molecule has 0 aliphatic carbocycles. The molecule has 1 aromatic carbocycles. The van der Waals surface area contributed by atoms with Gasteiger partial charge in [0, 0.05) is 22.5 Å². The number of thioether (sulfide) groups is 1. The van der Waals surface area contributed by atoms with Crippen molar-refractivity contribution in [3.8, 4) is 17.2 Å². The summed E-state index contributed by atoms with van der Waals surface area (Å²) < 4.78 is 6.11. The summed E-state index contributed by atoms with van der Waals surface area (Å²) in [6, 6.07) is 5.38. The van der Waals surface area contributed by atoms with Gasteiger partial charge in [-0.1, -0.05) is 21.1 Å². The standard InChI is InChI=1S/C13H14BrN3O2S/c1-17-4-5-20-7-10(17)12-15-13(19-16-12)9-3-2-8(14)6-11(9)18/h2-3,6,10,18H,4-5,7H2,1H3. The molecular formula is C13H14BrN3O2S. The van der Waals surface area contributed by atoms with Gasteiger partial charge in [0.05, 0.1) is 11.6 Å². The van der Waals surface area contributed by atoms with Gasteiger partial charge < -0.3 is 9.63 Å². The number of aromatic hydroxyl groups is 1. The molecule has 2 aromatic rings. The summed E-state index contributed by atoms with van der Waals surface area (Å²) in [5.74, 6) is 3.25. The lowest BCUT2D eigenvalue weighted by Gasteiger charge is -2.29. The Labute approximate surface area is 129 Å². The first-order valence-electron chi connectivity index (χ1n) is 6.25. The maximum Gasteiger partial charge on any atom is 0.261 e. The molecule has 0 spiro atoms. The van der Waals surface area contributed by atoms with Gasteiger partial charge in [0.2, 0.25) is 0 Å². The van der Waals surface area contributed by atoms with E-state index in [0.29, 0.717) is 17.3 Å². The number of halogens is 1. The Kier molecular flexibility index (Phi) is 4.00. The van der Waals surface area contributed by atoms with Gasteiger partial charge in [-0.25, -0.2) is 0 Å². The van der Waals surface area contributed by atoms with Gasteiger partial charge in [-0.05, 0) is 25.2 Å². The highest BCUT2D eigenvalue weighted by atomic mass is 79.9. The van der Waals surface area contributed by atoms with Crippen molar-refractivity contribution >= 4 is 27.7 Å². The molecule has 3 rings (SSSR count). The summed E-state index contributed by atoms with van der Waals surface area (Å²) in [6.45, 7) is 1.02. The molecule has 1 unspecified atom stereocenters. The van der Waals surface area contributed by atoms with Crippen LogP contribution in [0.15, 0.2) is 27.2 Å². The molecule has 0 radical (unpaired) electrons. The minimum absolute atomic E-state index is 0.126. The largest absolute Gasteiger partial charge is 0.507 e. The van der Waals surface area contributed by atoms with Crippen molar-refractivity contribution in [3.63, 3.8) is 0 Å². The van der Waals surface area contributed by atoms with Crippen molar-refractivity contribution in [2.24, 2.45) is 0 Å². The van der Waals surface area contributed by atoms with Crippen LogP contribution in [-0.4, -0.2) is 45.2 Å². The summed E-state index contributed by atoms with van der Waals surface area (Å²) in [4.78, 5) is 6.67. The van der Waals surface area contributed by atoms with Crippen LogP contribution in [0.25, 0.3) is 11.5 Å². The van der Waals surface area contributed by atoms with Gasteiger partial charge >= 0.3 is 0 Å². The Morgan fingerprint density at radius 2 is 2.35 bits per heavy atom. The Bertz CT molecular complexity index is 619. The molecule has 1 saturated heterocycles. The Balaban J connectivity index is 1.89. The number of benzene rings is 1. The fourth-order valence-electron chi connectivity index (χ4n) is 2.12. The molecule has 1 aliphatic heterocycles. The van der Waals surface area contributed by atoms with Crippen LogP contribution in [0.1, 0.15) is 11.9 Å². The molecule has 106 valence electrons. The highest BCUT2D eigenvalue weighted by Gasteiger charge is 2.26. The maximum atomic E-state index is 9.94. The average Bonchev–Trinajstić information content (AvgIpc) is 2.88. The number of rotatable bonds is 2. The Morgan fingerprint density at radius 3 is 3.10 bits per heavy atom. The van der Waals surface area contributed by atoms with Crippen molar-refractivity contribution in [2.75, 3.05) is 25.1 Å². The molecule has 0 saturated carbocycles. The van der Waals surface area contributed by atoms with Crippen molar-refractivity contribution < 1.29 is 9.63 Å². The molecule has 1 aromatic heterocycles. The zero-order valence-corrected chi connectivity index (χ0v) is 13.3. The zero-order chi connectivity index (χ0) is 14.1. The number of aromatic nitrogens is 2. The van der Waals surface area contributed by atoms with Gasteiger partial charge in [0.15, 0.2) is 5.82 Å². The first kappa shape index (κ1) is 13.9. The van der Waals surface area contributed by atoms with E-state index in [1.807, 2.05) is 17.8 Å². The molecule has 1 N–H and O–H groups in total. The van der Waals surface area contributed by atoms with Gasteiger partial charge in [0.25, 0.3) is 5.89 Å². The lowest BCUT2D eigenvalue weighted by atomic mass is 10.2. The SMILES string of the molecule is CN1CCSCC1c1noc(-c2ccc(Br)cc2O)n1. The maximum absolute atomic E-state index is 9.94. The third-order valence-electron chi connectivity index (χ3n) is 3.33. The summed E-state index contributed by atoms with van der Waals surface area (Å²) in [7, 11) is 2.07.